The van der Waals surface area contributed by atoms with E-state index in [2.05, 4.69) is 26.0 Å². The minimum Gasteiger partial charge on any atom is -0.337 e. The predicted molar refractivity (Wildman–Crippen MR) is 96.8 cm³/mol. The van der Waals surface area contributed by atoms with Crippen LogP contribution in [0.25, 0.3) is 0 Å². The second-order valence-corrected chi connectivity index (χ2v) is 6.85. The Balaban J connectivity index is 1.49. The summed E-state index contributed by atoms with van der Waals surface area (Å²) in [5.41, 5.74) is 1.47. The maximum Gasteiger partial charge on any atom is 0.319 e. The molecule has 2 heterocycles. The number of thioether (sulfide) groups is 1. The Morgan fingerprint density at radius 1 is 1.48 bits per heavy atom. The molecular weight excluding hydrogens is 340 g/mol. The Morgan fingerprint density at radius 2 is 2.36 bits per heavy atom. The summed E-state index contributed by atoms with van der Waals surface area (Å²) in [6, 6.07) is 7.26. The Bertz CT molecular complexity index is 736. The topological polar surface area (TPSA) is 103 Å². The van der Waals surface area contributed by atoms with E-state index in [0.29, 0.717) is 24.4 Å². The second-order valence-electron chi connectivity index (χ2n) is 5.74. The zero-order valence-electron chi connectivity index (χ0n) is 13.9. The third-order valence-electron chi connectivity index (χ3n) is 3.90. The molecule has 9 heteroatoms. The highest BCUT2D eigenvalue weighted by Gasteiger charge is 2.28. The van der Waals surface area contributed by atoms with Crippen molar-refractivity contribution in [1.29, 1.82) is 0 Å². The highest BCUT2D eigenvalue weighted by Crippen LogP contribution is 2.28. The molecule has 1 saturated heterocycles. The van der Waals surface area contributed by atoms with Gasteiger partial charge in [0.1, 0.15) is 5.03 Å². The number of rotatable bonds is 6. The third-order valence-corrected chi connectivity index (χ3v) is 4.80. The van der Waals surface area contributed by atoms with Crippen LogP contribution in [-0.2, 0) is 4.79 Å². The fourth-order valence-electron chi connectivity index (χ4n) is 2.72. The van der Waals surface area contributed by atoms with Crippen molar-refractivity contribution in [3.8, 4) is 0 Å². The number of hydrogen-bond acceptors (Lipinski definition) is 5. The molecule has 1 fully saturated rings. The molecule has 8 nitrogen and oxygen atoms in total. The molecule has 2 aromatic rings. The summed E-state index contributed by atoms with van der Waals surface area (Å²) in [5.74, 6) is 0.818. The van der Waals surface area contributed by atoms with Gasteiger partial charge in [0, 0.05) is 36.1 Å². The van der Waals surface area contributed by atoms with Gasteiger partial charge in [0.15, 0.2) is 0 Å². The number of aromatic nitrogens is 3. The molecule has 0 saturated carbocycles. The first-order valence-electron chi connectivity index (χ1n) is 8.09. The molecule has 3 rings (SSSR count). The normalized spacial score (nSPS) is 16.9. The number of amides is 3. The van der Waals surface area contributed by atoms with Crippen LogP contribution in [-0.4, -0.2) is 45.7 Å². The number of benzene rings is 1. The number of nitrogens with one attached hydrogen (secondary N) is 3. The SMILES string of the molecule is CC1CCC(=O)N1c1cccc(NC(=O)NCCSc2cn[nH]n2)c1. The van der Waals surface area contributed by atoms with Crippen molar-refractivity contribution in [3.63, 3.8) is 0 Å². The Kier molecular flexibility index (Phi) is 5.54. The van der Waals surface area contributed by atoms with Gasteiger partial charge < -0.3 is 15.5 Å². The zero-order chi connectivity index (χ0) is 17.6. The van der Waals surface area contributed by atoms with Gasteiger partial charge in [-0.2, -0.15) is 10.3 Å². The van der Waals surface area contributed by atoms with Gasteiger partial charge >= 0.3 is 6.03 Å². The fourth-order valence-corrected chi connectivity index (χ4v) is 3.36. The molecule has 3 amide bonds. The minimum absolute atomic E-state index is 0.124. The van der Waals surface area contributed by atoms with Crippen LogP contribution in [0.2, 0.25) is 0 Å². The highest BCUT2D eigenvalue weighted by molar-refractivity contribution is 7.99. The molecule has 1 atom stereocenters. The fraction of sp³-hybridized carbons (Fsp3) is 0.375. The van der Waals surface area contributed by atoms with Gasteiger partial charge in [-0.25, -0.2) is 4.79 Å². The summed E-state index contributed by atoms with van der Waals surface area (Å²) in [6.07, 6.45) is 3.07. The van der Waals surface area contributed by atoms with Crippen molar-refractivity contribution in [2.24, 2.45) is 0 Å². The molecule has 0 radical (unpaired) electrons. The first kappa shape index (κ1) is 17.3. The van der Waals surface area contributed by atoms with Crippen LogP contribution in [0, 0.1) is 0 Å². The average molecular weight is 360 g/mol. The van der Waals surface area contributed by atoms with Crippen molar-refractivity contribution in [3.05, 3.63) is 30.5 Å². The van der Waals surface area contributed by atoms with Gasteiger partial charge in [0.05, 0.1) is 6.20 Å². The number of nitrogens with zero attached hydrogens (tertiary/aromatic N) is 3. The van der Waals surface area contributed by atoms with Crippen molar-refractivity contribution in [2.75, 3.05) is 22.5 Å². The van der Waals surface area contributed by atoms with Crippen molar-refractivity contribution >= 4 is 35.1 Å². The lowest BCUT2D eigenvalue weighted by Crippen LogP contribution is -2.32. The van der Waals surface area contributed by atoms with E-state index in [-0.39, 0.29) is 18.0 Å². The predicted octanol–water partition coefficient (Wildman–Crippen LogP) is 2.23. The van der Waals surface area contributed by atoms with Gasteiger partial charge in [0.25, 0.3) is 0 Å². The summed E-state index contributed by atoms with van der Waals surface area (Å²) < 4.78 is 0. The standard InChI is InChI=1S/C16H20N6O2S/c1-11-5-6-15(23)22(11)13-4-2-3-12(9-13)19-16(24)17-7-8-25-14-10-18-21-20-14/h2-4,9-11H,5-8H2,1H3,(H2,17,19,24)(H,18,20,21). The quantitative estimate of drug-likeness (QED) is 0.541. The van der Waals surface area contributed by atoms with Gasteiger partial charge in [0.2, 0.25) is 5.91 Å². The molecule has 25 heavy (non-hydrogen) atoms. The molecular formula is C16H20N6O2S. The Labute approximate surface area is 149 Å². The third kappa shape index (κ3) is 4.50. The lowest BCUT2D eigenvalue weighted by atomic mass is 10.2. The van der Waals surface area contributed by atoms with Gasteiger partial charge in [-0.1, -0.05) is 6.07 Å². The molecule has 3 N–H and O–H groups in total. The van der Waals surface area contributed by atoms with Crippen LogP contribution in [0.4, 0.5) is 16.2 Å². The maximum atomic E-state index is 12.0. The van der Waals surface area contributed by atoms with E-state index >= 15 is 0 Å². The van der Waals surface area contributed by atoms with Gasteiger partial charge in [-0.15, -0.1) is 16.9 Å². The number of urea groups is 1. The summed E-state index contributed by atoms with van der Waals surface area (Å²) in [7, 11) is 0. The van der Waals surface area contributed by atoms with E-state index in [4.69, 9.17) is 0 Å². The van der Waals surface area contributed by atoms with E-state index in [1.54, 1.807) is 17.2 Å². The largest absolute Gasteiger partial charge is 0.337 e. The van der Waals surface area contributed by atoms with E-state index in [9.17, 15) is 9.59 Å². The number of H-pyrrole nitrogens is 1. The lowest BCUT2D eigenvalue weighted by molar-refractivity contribution is -0.117. The average Bonchev–Trinajstić information content (AvgIpc) is 3.22. The molecule has 0 aliphatic carbocycles. The van der Waals surface area contributed by atoms with E-state index in [1.807, 2.05) is 25.1 Å². The molecule has 1 aliphatic rings. The Morgan fingerprint density at radius 3 is 3.08 bits per heavy atom. The van der Waals surface area contributed by atoms with Crippen molar-refractivity contribution in [1.82, 2.24) is 20.7 Å². The first-order chi connectivity index (χ1) is 12.1. The summed E-state index contributed by atoms with van der Waals surface area (Å²) in [5, 5.41) is 16.6. The number of anilines is 2. The minimum atomic E-state index is -0.279. The molecule has 1 aromatic carbocycles. The summed E-state index contributed by atoms with van der Waals surface area (Å²) in [4.78, 5) is 25.8. The highest BCUT2D eigenvalue weighted by atomic mass is 32.2. The lowest BCUT2D eigenvalue weighted by Gasteiger charge is -2.22. The molecule has 132 valence electrons. The van der Waals surface area contributed by atoms with E-state index in [0.717, 1.165) is 17.1 Å². The molecule has 1 aliphatic heterocycles. The number of hydrogen-bond donors (Lipinski definition) is 3. The number of aromatic amines is 1. The Hall–Kier alpha value is -2.55. The van der Waals surface area contributed by atoms with Crippen LogP contribution >= 0.6 is 11.8 Å². The van der Waals surface area contributed by atoms with Crippen LogP contribution in [0.3, 0.4) is 0 Å². The summed E-state index contributed by atoms with van der Waals surface area (Å²) >= 11 is 1.50. The van der Waals surface area contributed by atoms with Gasteiger partial charge in [-0.3, -0.25) is 4.79 Å². The first-order valence-corrected chi connectivity index (χ1v) is 9.07. The van der Waals surface area contributed by atoms with E-state index in [1.165, 1.54) is 11.8 Å². The molecule has 0 spiro atoms. The number of carbonyl (C=O) groups excluding carboxylic acids is 2. The monoisotopic (exact) mass is 360 g/mol. The zero-order valence-corrected chi connectivity index (χ0v) is 14.7. The smallest absolute Gasteiger partial charge is 0.319 e. The molecule has 1 unspecified atom stereocenters. The van der Waals surface area contributed by atoms with Crippen molar-refractivity contribution < 1.29 is 9.59 Å². The molecule has 1 aromatic heterocycles. The summed E-state index contributed by atoms with van der Waals surface area (Å²) in [6.45, 7) is 2.54. The van der Waals surface area contributed by atoms with Crippen LogP contribution in [0.15, 0.2) is 35.5 Å². The van der Waals surface area contributed by atoms with Crippen LogP contribution < -0.4 is 15.5 Å². The van der Waals surface area contributed by atoms with Crippen LogP contribution in [0.1, 0.15) is 19.8 Å². The van der Waals surface area contributed by atoms with Crippen molar-refractivity contribution in [2.45, 2.75) is 30.8 Å². The maximum absolute atomic E-state index is 12.0. The molecule has 0 bridgehead atoms. The number of carbonyl (C=O) groups is 2. The van der Waals surface area contributed by atoms with Gasteiger partial charge in [-0.05, 0) is 31.5 Å². The van der Waals surface area contributed by atoms with Crippen LogP contribution in [0.5, 0.6) is 0 Å². The van der Waals surface area contributed by atoms with E-state index < -0.39 is 0 Å². The second kappa shape index (κ2) is 8.02.